The number of pyridine rings is 1. The summed E-state index contributed by atoms with van der Waals surface area (Å²) in [7, 11) is 1.42. The SMILES string of the molecule is COc1c(F)cccc1Nc1c2[nH]c3c1C(=O)NCC3CCCCCCOc1cnccc1-2. The lowest BCUT2D eigenvalue weighted by Crippen LogP contribution is -2.35. The van der Waals surface area contributed by atoms with Crippen LogP contribution in [0.2, 0.25) is 0 Å². The number of aromatic amines is 1. The van der Waals surface area contributed by atoms with Gasteiger partial charge in [-0.2, -0.15) is 0 Å². The summed E-state index contributed by atoms with van der Waals surface area (Å²) in [6.07, 6.45) is 8.62. The molecule has 1 amide bonds. The molecule has 2 aliphatic heterocycles. The molecule has 1 aromatic carbocycles. The minimum Gasteiger partial charge on any atom is -0.492 e. The normalized spacial score (nSPS) is 18.0. The lowest BCUT2D eigenvalue weighted by molar-refractivity contribution is 0.0939. The van der Waals surface area contributed by atoms with Gasteiger partial charge < -0.3 is 25.1 Å². The number of nitrogens with one attached hydrogen (secondary N) is 3. The van der Waals surface area contributed by atoms with Crippen LogP contribution in [0.15, 0.2) is 36.7 Å². The van der Waals surface area contributed by atoms with Crippen LogP contribution in [0.4, 0.5) is 15.8 Å². The Kier molecular flexibility index (Phi) is 5.90. The summed E-state index contributed by atoms with van der Waals surface area (Å²) in [5.74, 6) is 0.262. The van der Waals surface area contributed by atoms with Gasteiger partial charge in [0.05, 0.1) is 42.5 Å². The van der Waals surface area contributed by atoms with Gasteiger partial charge >= 0.3 is 0 Å². The van der Waals surface area contributed by atoms with Gasteiger partial charge in [-0.1, -0.05) is 25.3 Å². The van der Waals surface area contributed by atoms with Crippen LogP contribution in [0.1, 0.15) is 54.1 Å². The maximum absolute atomic E-state index is 14.4. The third-order valence-corrected chi connectivity index (χ3v) is 6.36. The molecule has 3 aromatic rings. The molecule has 7 nitrogen and oxygen atoms in total. The Labute approximate surface area is 191 Å². The average molecular weight is 451 g/mol. The topological polar surface area (TPSA) is 88.3 Å². The zero-order valence-corrected chi connectivity index (χ0v) is 18.5. The van der Waals surface area contributed by atoms with Crippen molar-refractivity contribution in [1.82, 2.24) is 15.3 Å². The number of rotatable bonds is 3. The average Bonchev–Trinajstić information content (AvgIpc) is 3.20. The Morgan fingerprint density at radius 1 is 1.21 bits per heavy atom. The zero-order valence-electron chi connectivity index (χ0n) is 18.5. The molecule has 0 saturated carbocycles. The number of methoxy groups -OCH3 is 1. The monoisotopic (exact) mass is 450 g/mol. The fourth-order valence-corrected chi connectivity index (χ4v) is 4.72. The molecule has 4 heterocycles. The number of amides is 1. The maximum atomic E-state index is 14.4. The number of ether oxygens (including phenoxy) is 2. The molecule has 2 aromatic heterocycles. The highest BCUT2D eigenvalue weighted by atomic mass is 19.1. The van der Waals surface area contributed by atoms with Crippen LogP contribution in [-0.2, 0) is 0 Å². The van der Waals surface area contributed by atoms with Crippen molar-refractivity contribution < 1.29 is 18.7 Å². The number of hydrogen-bond donors (Lipinski definition) is 3. The summed E-state index contributed by atoms with van der Waals surface area (Å²) in [5.41, 5.74) is 3.96. The summed E-state index contributed by atoms with van der Waals surface area (Å²) in [4.78, 5) is 20.9. The van der Waals surface area contributed by atoms with Crippen LogP contribution < -0.4 is 20.1 Å². The third kappa shape index (κ3) is 4.01. The Morgan fingerprint density at radius 2 is 2.09 bits per heavy atom. The second kappa shape index (κ2) is 9.13. The Hall–Kier alpha value is -3.55. The van der Waals surface area contributed by atoms with E-state index in [0.717, 1.165) is 43.4 Å². The van der Waals surface area contributed by atoms with Gasteiger partial charge in [0, 0.05) is 29.9 Å². The van der Waals surface area contributed by atoms with Gasteiger partial charge in [0.2, 0.25) is 0 Å². The number of carbonyl (C=O) groups is 1. The molecule has 1 atom stereocenters. The summed E-state index contributed by atoms with van der Waals surface area (Å²) in [6, 6.07) is 6.54. The highest BCUT2D eigenvalue weighted by molar-refractivity contribution is 6.07. The number of anilines is 2. The molecule has 8 heteroatoms. The van der Waals surface area contributed by atoms with Gasteiger partial charge in [0.1, 0.15) is 5.75 Å². The highest BCUT2D eigenvalue weighted by Gasteiger charge is 2.33. The Morgan fingerprint density at radius 3 is 2.97 bits per heavy atom. The quantitative estimate of drug-likeness (QED) is 0.514. The summed E-state index contributed by atoms with van der Waals surface area (Å²) in [5, 5.41) is 6.34. The fourth-order valence-electron chi connectivity index (χ4n) is 4.72. The Balaban J connectivity index is 1.71. The van der Waals surface area contributed by atoms with Crippen molar-refractivity contribution in [3.8, 4) is 22.8 Å². The van der Waals surface area contributed by atoms with Crippen LogP contribution in [0.25, 0.3) is 11.3 Å². The Bertz CT molecular complexity index is 1180. The second-order valence-corrected chi connectivity index (χ2v) is 8.44. The van der Waals surface area contributed by atoms with E-state index in [2.05, 4.69) is 20.6 Å². The molecular weight excluding hydrogens is 423 g/mol. The second-order valence-electron chi connectivity index (χ2n) is 8.44. The molecule has 0 radical (unpaired) electrons. The number of nitrogens with zero attached hydrogens (tertiary/aromatic N) is 1. The standard InChI is InChI=1S/C25H27FN4O3/c1-32-24-17(26)8-6-9-18(24)29-23-20-21-15(13-28-25(20)31)7-4-2-3-5-12-33-19-14-27-11-10-16(19)22(23)30-21/h6,8-11,14-15,29-30H,2-5,7,12-13H2,1H3,(H,28,31). The molecular formula is C25H27FN4O3. The number of halogens is 1. The molecule has 2 bridgehead atoms. The first kappa shape index (κ1) is 21.3. The fraction of sp³-hybridized carbons (Fsp3) is 0.360. The van der Waals surface area contributed by atoms with Crippen LogP contribution in [0, 0.1) is 5.82 Å². The highest BCUT2D eigenvalue weighted by Crippen LogP contribution is 2.44. The molecule has 172 valence electrons. The maximum Gasteiger partial charge on any atom is 0.255 e. The number of hydrogen-bond acceptors (Lipinski definition) is 5. The number of fused-ring (bicyclic) bond motifs is 3. The van der Waals surface area contributed by atoms with Crippen molar-refractivity contribution >= 4 is 17.3 Å². The van der Waals surface area contributed by atoms with E-state index in [1.54, 1.807) is 24.5 Å². The molecule has 0 fully saturated rings. The molecule has 5 rings (SSSR count). The lowest BCUT2D eigenvalue weighted by Gasteiger charge is -2.24. The third-order valence-electron chi connectivity index (χ3n) is 6.36. The van der Waals surface area contributed by atoms with Crippen molar-refractivity contribution in [3.63, 3.8) is 0 Å². The van der Waals surface area contributed by atoms with Crippen molar-refractivity contribution in [3.05, 3.63) is 53.7 Å². The van der Waals surface area contributed by atoms with Crippen LogP contribution in [0.3, 0.4) is 0 Å². The van der Waals surface area contributed by atoms with Gasteiger partial charge in [0.25, 0.3) is 5.91 Å². The van der Waals surface area contributed by atoms with E-state index in [1.807, 2.05) is 6.07 Å². The first-order chi connectivity index (χ1) is 16.2. The van der Waals surface area contributed by atoms with Crippen LogP contribution >= 0.6 is 0 Å². The minimum atomic E-state index is -0.481. The van der Waals surface area contributed by atoms with E-state index in [9.17, 15) is 9.18 Å². The number of aromatic nitrogens is 2. The van der Waals surface area contributed by atoms with E-state index in [0.29, 0.717) is 41.5 Å². The van der Waals surface area contributed by atoms with Gasteiger partial charge in [-0.3, -0.25) is 9.78 Å². The van der Waals surface area contributed by atoms with Gasteiger partial charge in [-0.15, -0.1) is 0 Å². The van der Waals surface area contributed by atoms with Gasteiger partial charge in [-0.25, -0.2) is 4.39 Å². The molecule has 3 N–H and O–H groups in total. The first-order valence-electron chi connectivity index (χ1n) is 11.4. The van der Waals surface area contributed by atoms with Gasteiger partial charge in [-0.05, 0) is 31.0 Å². The number of carbonyl (C=O) groups excluding carboxylic acids is 1. The van der Waals surface area contributed by atoms with Crippen LogP contribution in [-0.4, -0.2) is 36.1 Å². The predicted molar refractivity (Wildman–Crippen MR) is 124 cm³/mol. The molecule has 1 unspecified atom stereocenters. The molecule has 0 saturated heterocycles. The number of benzene rings is 1. The molecule has 2 aliphatic rings. The van der Waals surface area contributed by atoms with Crippen molar-refractivity contribution in [2.24, 2.45) is 0 Å². The lowest BCUT2D eigenvalue weighted by atomic mass is 9.91. The summed E-state index contributed by atoms with van der Waals surface area (Å²) in [6.45, 7) is 1.19. The molecule has 0 aliphatic carbocycles. The van der Waals surface area contributed by atoms with E-state index in [1.165, 1.54) is 13.2 Å². The number of H-pyrrole nitrogens is 1. The summed E-state index contributed by atoms with van der Waals surface area (Å²) >= 11 is 0. The molecule has 33 heavy (non-hydrogen) atoms. The first-order valence-corrected chi connectivity index (χ1v) is 11.4. The van der Waals surface area contributed by atoms with E-state index in [-0.39, 0.29) is 17.6 Å². The van der Waals surface area contributed by atoms with Crippen molar-refractivity contribution in [1.29, 1.82) is 0 Å². The minimum absolute atomic E-state index is 0.0896. The van der Waals surface area contributed by atoms with Crippen LogP contribution in [0.5, 0.6) is 11.5 Å². The van der Waals surface area contributed by atoms with E-state index >= 15 is 0 Å². The number of para-hydroxylation sites is 1. The van der Waals surface area contributed by atoms with Crippen molar-refractivity contribution in [2.75, 3.05) is 25.6 Å². The van der Waals surface area contributed by atoms with Crippen molar-refractivity contribution in [2.45, 2.75) is 38.0 Å². The van der Waals surface area contributed by atoms with E-state index < -0.39 is 5.82 Å². The summed E-state index contributed by atoms with van der Waals surface area (Å²) < 4.78 is 25.8. The smallest absolute Gasteiger partial charge is 0.255 e. The zero-order chi connectivity index (χ0) is 22.8. The van der Waals surface area contributed by atoms with Gasteiger partial charge in [0.15, 0.2) is 11.6 Å². The largest absolute Gasteiger partial charge is 0.492 e. The predicted octanol–water partition coefficient (Wildman–Crippen LogP) is 5.14. The van der Waals surface area contributed by atoms with E-state index in [4.69, 9.17) is 9.47 Å². The molecule has 0 spiro atoms.